The van der Waals surface area contributed by atoms with Crippen LogP contribution >= 0.6 is 15.9 Å². The third kappa shape index (κ3) is 4.05. The lowest BCUT2D eigenvalue weighted by Gasteiger charge is -2.19. The Hall–Kier alpha value is -1.01. The van der Waals surface area contributed by atoms with E-state index < -0.39 is 0 Å². The summed E-state index contributed by atoms with van der Waals surface area (Å²) >= 11 is 3.40. The summed E-state index contributed by atoms with van der Waals surface area (Å²) in [5.74, 6) is 0.704. The van der Waals surface area contributed by atoms with Crippen molar-refractivity contribution in [2.24, 2.45) is 5.92 Å². The van der Waals surface area contributed by atoms with Gasteiger partial charge < -0.3 is 5.32 Å². The van der Waals surface area contributed by atoms with Crippen LogP contribution in [0.2, 0.25) is 0 Å². The summed E-state index contributed by atoms with van der Waals surface area (Å²) in [7, 11) is 0. The maximum absolute atomic E-state index is 9.12. The lowest BCUT2D eigenvalue weighted by atomic mass is 10.00. The molecule has 2 atom stereocenters. The van der Waals surface area contributed by atoms with Crippen LogP contribution in [0.5, 0.6) is 0 Å². The number of halogens is 1. The largest absolute Gasteiger partial charge is 0.381 e. The van der Waals surface area contributed by atoms with Crippen molar-refractivity contribution in [3.63, 3.8) is 0 Å². The van der Waals surface area contributed by atoms with E-state index in [1.807, 2.05) is 18.2 Å². The number of benzene rings is 1. The molecule has 17 heavy (non-hydrogen) atoms. The Morgan fingerprint density at radius 3 is 2.71 bits per heavy atom. The lowest BCUT2D eigenvalue weighted by molar-refractivity contribution is 0.484. The van der Waals surface area contributed by atoms with Gasteiger partial charge in [-0.3, -0.25) is 0 Å². The number of nitriles is 1. The molecule has 1 aromatic carbocycles. The molecule has 3 heteroatoms. The van der Waals surface area contributed by atoms with Crippen LogP contribution in [0, 0.1) is 17.2 Å². The molecule has 0 amide bonds. The molecule has 0 aliphatic rings. The fraction of sp³-hybridized carbons (Fsp3) is 0.500. The number of hydrogen-bond donors (Lipinski definition) is 1. The van der Waals surface area contributed by atoms with E-state index in [1.54, 1.807) is 0 Å². The van der Waals surface area contributed by atoms with Gasteiger partial charge in [0.2, 0.25) is 0 Å². The number of nitrogens with zero attached hydrogens (tertiary/aromatic N) is 1. The van der Waals surface area contributed by atoms with Crippen molar-refractivity contribution in [1.29, 1.82) is 5.26 Å². The molecule has 0 aliphatic carbocycles. The van der Waals surface area contributed by atoms with E-state index in [4.69, 9.17) is 5.26 Å². The first-order valence-electron chi connectivity index (χ1n) is 6.03. The monoisotopic (exact) mass is 294 g/mol. The normalized spacial score (nSPS) is 13.8. The average molecular weight is 295 g/mol. The molecule has 0 spiro atoms. The van der Waals surface area contributed by atoms with Crippen molar-refractivity contribution < 1.29 is 0 Å². The second kappa shape index (κ2) is 6.66. The molecule has 92 valence electrons. The van der Waals surface area contributed by atoms with Gasteiger partial charge in [0.25, 0.3) is 0 Å². The minimum absolute atomic E-state index is 0.381. The molecule has 0 fully saturated rings. The highest BCUT2D eigenvalue weighted by Gasteiger charge is 2.10. The van der Waals surface area contributed by atoms with E-state index in [-0.39, 0.29) is 0 Å². The number of nitrogens with one attached hydrogen (secondary N) is 1. The highest BCUT2D eigenvalue weighted by Crippen LogP contribution is 2.25. The van der Waals surface area contributed by atoms with Gasteiger partial charge in [0.05, 0.1) is 11.3 Å². The van der Waals surface area contributed by atoms with Gasteiger partial charge in [-0.15, -0.1) is 0 Å². The van der Waals surface area contributed by atoms with E-state index in [1.165, 1.54) is 6.42 Å². The molecule has 0 saturated heterocycles. The Morgan fingerprint density at radius 1 is 1.41 bits per heavy atom. The molecular formula is C14H19BrN2. The maximum atomic E-state index is 9.12. The summed E-state index contributed by atoms with van der Waals surface area (Å²) in [5.41, 5.74) is 1.60. The van der Waals surface area contributed by atoms with Crippen molar-refractivity contribution in [3.8, 4) is 6.07 Å². The number of rotatable bonds is 5. The molecule has 0 bridgehead atoms. The van der Waals surface area contributed by atoms with Gasteiger partial charge in [0, 0.05) is 10.5 Å². The smallest absolute Gasteiger partial charge is 0.103 e. The van der Waals surface area contributed by atoms with Crippen molar-refractivity contribution in [3.05, 3.63) is 28.2 Å². The fourth-order valence-corrected chi connectivity index (χ4v) is 2.31. The standard InChI is InChI=1S/C14H19BrN2/c1-4-10(2)8-11(3)17-14-7-5-6-13(15)12(14)9-16/h5-7,10-11,17H,4,8H2,1-3H3. The summed E-state index contributed by atoms with van der Waals surface area (Å²) < 4.78 is 0.848. The maximum Gasteiger partial charge on any atom is 0.103 e. The van der Waals surface area contributed by atoms with E-state index in [2.05, 4.69) is 48.1 Å². The quantitative estimate of drug-likeness (QED) is 0.864. The van der Waals surface area contributed by atoms with Crippen LogP contribution in [-0.2, 0) is 0 Å². The fourth-order valence-electron chi connectivity index (χ4n) is 1.85. The Balaban J connectivity index is 2.75. The minimum atomic E-state index is 0.381. The highest BCUT2D eigenvalue weighted by atomic mass is 79.9. The van der Waals surface area contributed by atoms with Gasteiger partial charge in [-0.2, -0.15) is 5.26 Å². The Bertz CT molecular complexity index is 409. The van der Waals surface area contributed by atoms with E-state index >= 15 is 0 Å². The van der Waals surface area contributed by atoms with Gasteiger partial charge in [-0.1, -0.05) is 26.3 Å². The lowest BCUT2D eigenvalue weighted by Crippen LogP contribution is -2.18. The molecular weight excluding hydrogens is 276 g/mol. The number of anilines is 1. The molecule has 1 aromatic rings. The minimum Gasteiger partial charge on any atom is -0.381 e. The van der Waals surface area contributed by atoms with Gasteiger partial charge in [-0.05, 0) is 47.3 Å². The zero-order chi connectivity index (χ0) is 12.8. The van der Waals surface area contributed by atoms with Gasteiger partial charge in [0.1, 0.15) is 6.07 Å². The van der Waals surface area contributed by atoms with E-state index in [0.717, 1.165) is 16.6 Å². The summed E-state index contributed by atoms with van der Waals surface area (Å²) in [6, 6.07) is 8.40. The van der Waals surface area contributed by atoms with Crippen LogP contribution in [0.1, 0.15) is 39.2 Å². The Morgan fingerprint density at radius 2 is 2.12 bits per heavy atom. The van der Waals surface area contributed by atoms with Crippen molar-refractivity contribution >= 4 is 21.6 Å². The summed E-state index contributed by atoms with van der Waals surface area (Å²) in [4.78, 5) is 0. The molecule has 0 aromatic heterocycles. The SMILES string of the molecule is CCC(C)CC(C)Nc1cccc(Br)c1C#N. The molecule has 0 aliphatic heterocycles. The molecule has 2 unspecified atom stereocenters. The Kier molecular flexibility index (Phi) is 5.50. The highest BCUT2D eigenvalue weighted by molar-refractivity contribution is 9.10. The molecule has 0 radical (unpaired) electrons. The topological polar surface area (TPSA) is 35.8 Å². The van der Waals surface area contributed by atoms with Crippen molar-refractivity contribution in [2.45, 2.75) is 39.7 Å². The third-order valence-electron chi connectivity index (χ3n) is 2.98. The third-order valence-corrected chi connectivity index (χ3v) is 3.64. The zero-order valence-electron chi connectivity index (χ0n) is 10.6. The van der Waals surface area contributed by atoms with Crippen LogP contribution < -0.4 is 5.32 Å². The molecule has 1 N–H and O–H groups in total. The van der Waals surface area contributed by atoms with E-state index in [0.29, 0.717) is 17.5 Å². The Labute approximate surface area is 112 Å². The first-order chi connectivity index (χ1) is 8.08. The number of hydrogen-bond acceptors (Lipinski definition) is 2. The van der Waals surface area contributed by atoms with Crippen LogP contribution in [0.4, 0.5) is 5.69 Å². The second-order valence-electron chi connectivity index (χ2n) is 4.57. The molecule has 0 heterocycles. The van der Waals surface area contributed by atoms with Crippen LogP contribution in [-0.4, -0.2) is 6.04 Å². The van der Waals surface area contributed by atoms with Crippen molar-refractivity contribution in [1.82, 2.24) is 0 Å². The predicted octanol–water partition coefficient (Wildman–Crippen LogP) is 4.56. The molecule has 1 rings (SSSR count). The molecule has 2 nitrogen and oxygen atoms in total. The van der Waals surface area contributed by atoms with Gasteiger partial charge in [-0.25, -0.2) is 0 Å². The second-order valence-corrected chi connectivity index (χ2v) is 5.42. The van der Waals surface area contributed by atoms with E-state index in [9.17, 15) is 0 Å². The van der Waals surface area contributed by atoms with Gasteiger partial charge >= 0.3 is 0 Å². The first-order valence-corrected chi connectivity index (χ1v) is 6.82. The summed E-state index contributed by atoms with van der Waals surface area (Å²) in [5, 5.41) is 12.5. The van der Waals surface area contributed by atoms with Gasteiger partial charge in [0.15, 0.2) is 0 Å². The van der Waals surface area contributed by atoms with Crippen LogP contribution in [0.25, 0.3) is 0 Å². The van der Waals surface area contributed by atoms with Crippen molar-refractivity contribution in [2.75, 3.05) is 5.32 Å². The average Bonchev–Trinajstić information content (AvgIpc) is 2.29. The zero-order valence-corrected chi connectivity index (χ0v) is 12.2. The first kappa shape index (κ1) is 14.1. The molecule has 0 saturated carbocycles. The van der Waals surface area contributed by atoms with Crippen LogP contribution in [0.3, 0.4) is 0 Å². The predicted molar refractivity (Wildman–Crippen MR) is 76.0 cm³/mol. The summed E-state index contributed by atoms with van der Waals surface area (Å²) in [6.07, 6.45) is 2.31. The summed E-state index contributed by atoms with van der Waals surface area (Å²) in [6.45, 7) is 6.62. The van der Waals surface area contributed by atoms with Crippen LogP contribution in [0.15, 0.2) is 22.7 Å².